The molecule has 1 amide bonds. The van der Waals surface area contributed by atoms with Crippen LogP contribution in [0.3, 0.4) is 0 Å². The van der Waals surface area contributed by atoms with Gasteiger partial charge >= 0.3 is 0 Å². The third-order valence-electron chi connectivity index (χ3n) is 3.16. The van der Waals surface area contributed by atoms with Crippen molar-refractivity contribution in [2.45, 2.75) is 33.7 Å². The van der Waals surface area contributed by atoms with Crippen molar-refractivity contribution in [2.24, 2.45) is 0 Å². The first kappa shape index (κ1) is 17.3. The first-order chi connectivity index (χ1) is 10.6. The molecule has 0 saturated carbocycles. The molecule has 0 aliphatic rings. The molecule has 2 aromatic rings. The molecule has 0 fully saturated rings. The second kappa shape index (κ2) is 8.55. The molecule has 7 heteroatoms. The van der Waals surface area contributed by atoms with Gasteiger partial charge in [0.1, 0.15) is 0 Å². The van der Waals surface area contributed by atoms with Crippen LogP contribution in [0.2, 0.25) is 0 Å². The van der Waals surface area contributed by atoms with Crippen LogP contribution in [-0.4, -0.2) is 34.2 Å². The second-order valence-electron chi connectivity index (χ2n) is 4.85. The Balaban J connectivity index is 1.81. The van der Waals surface area contributed by atoms with Crippen molar-refractivity contribution in [3.05, 3.63) is 35.9 Å². The molecule has 2 rings (SSSR count). The molecule has 22 heavy (non-hydrogen) atoms. The topological polar surface area (TPSA) is 54.9 Å². The minimum Gasteiger partial charge on any atom is -0.355 e. The van der Waals surface area contributed by atoms with Crippen molar-refractivity contribution in [2.75, 3.05) is 12.8 Å². The smallest absolute Gasteiger partial charge is 0.233 e. The van der Waals surface area contributed by atoms with Crippen molar-refractivity contribution in [3.63, 3.8) is 0 Å². The number of nitrogens with one attached hydrogen (secondary N) is 1. The van der Waals surface area contributed by atoms with Gasteiger partial charge in [0.15, 0.2) is 8.68 Å². The lowest BCUT2D eigenvalue weighted by Gasteiger charge is -2.15. The largest absolute Gasteiger partial charge is 0.355 e. The summed E-state index contributed by atoms with van der Waals surface area (Å²) in [6.45, 7) is 4.65. The number of nitrogens with zero attached hydrogens (tertiary/aromatic N) is 2. The van der Waals surface area contributed by atoms with Crippen LogP contribution >= 0.6 is 34.9 Å². The minimum absolute atomic E-state index is 0.0358. The maximum Gasteiger partial charge on any atom is 0.233 e. The van der Waals surface area contributed by atoms with Crippen LogP contribution in [-0.2, 0) is 4.79 Å². The van der Waals surface area contributed by atoms with Gasteiger partial charge in [-0.15, -0.1) is 10.2 Å². The number of carbonyl (C=O) groups is 1. The van der Waals surface area contributed by atoms with E-state index in [9.17, 15) is 4.79 Å². The molecule has 0 bridgehead atoms. The third-order valence-corrected chi connectivity index (χ3v) is 6.24. The summed E-state index contributed by atoms with van der Waals surface area (Å²) in [6, 6.07) is 10.2. The first-order valence-corrected chi connectivity index (χ1v) is 9.89. The molecule has 1 heterocycles. The Kier molecular flexibility index (Phi) is 6.72. The van der Waals surface area contributed by atoms with E-state index in [0.29, 0.717) is 12.5 Å². The van der Waals surface area contributed by atoms with Gasteiger partial charge in [0.2, 0.25) is 5.91 Å². The predicted octanol–water partition coefficient (Wildman–Crippen LogP) is 3.66. The van der Waals surface area contributed by atoms with Crippen molar-refractivity contribution >= 4 is 40.8 Å². The molecule has 0 radical (unpaired) electrons. The molecule has 0 unspecified atom stereocenters. The maximum absolute atomic E-state index is 12.2. The highest BCUT2D eigenvalue weighted by Gasteiger charge is 2.17. The Bertz CT molecular complexity index is 603. The molecule has 1 N–H and O–H groups in total. The number of amides is 1. The summed E-state index contributed by atoms with van der Waals surface area (Å²) in [4.78, 5) is 12.2. The molecule has 1 aromatic heterocycles. The molecule has 0 saturated heterocycles. The fraction of sp³-hybridized carbons (Fsp3) is 0.400. The predicted molar refractivity (Wildman–Crippen MR) is 94.9 cm³/mol. The lowest BCUT2D eigenvalue weighted by molar-refractivity contribution is -0.120. The number of benzene rings is 1. The Hall–Kier alpha value is -1.05. The van der Waals surface area contributed by atoms with E-state index in [-0.39, 0.29) is 11.2 Å². The fourth-order valence-corrected chi connectivity index (χ4v) is 4.44. The minimum atomic E-state index is -0.175. The highest BCUT2D eigenvalue weighted by atomic mass is 32.2. The SMILES string of the molecule is CSc1nnc(S[C@H](C)C(=O)NC[C@@H](C)c2ccccc2)s1. The highest BCUT2D eigenvalue weighted by molar-refractivity contribution is 8.03. The van der Waals surface area contributed by atoms with Gasteiger partial charge in [0.05, 0.1) is 5.25 Å². The third kappa shape index (κ3) is 5.00. The van der Waals surface area contributed by atoms with E-state index in [1.807, 2.05) is 31.4 Å². The number of hydrogen-bond acceptors (Lipinski definition) is 6. The molecular weight excluding hydrogens is 334 g/mol. The Morgan fingerprint density at radius 3 is 2.55 bits per heavy atom. The molecule has 2 atom stereocenters. The van der Waals surface area contributed by atoms with E-state index in [1.54, 1.807) is 11.8 Å². The van der Waals surface area contributed by atoms with Gasteiger partial charge in [0, 0.05) is 6.54 Å². The van der Waals surface area contributed by atoms with Gasteiger partial charge in [-0.05, 0) is 24.7 Å². The molecule has 118 valence electrons. The van der Waals surface area contributed by atoms with Gasteiger partial charge in [-0.3, -0.25) is 4.79 Å². The van der Waals surface area contributed by atoms with Gasteiger partial charge in [-0.2, -0.15) is 0 Å². The van der Waals surface area contributed by atoms with E-state index >= 15 is 0 Å². The lowest BCUT2D eigenvalue weighted by Crippen LogP contribution is -2.33. The summed E-state index contributed by atoms with van der Waals surface area (Å²) >= 11 is 4.55. The average Bonchev–Trinajstić information content (AvgIpc) is 3.00. The van der Waals surface area contributed by atoms with Crippen LogP contribution in [0.4, 0.5) is 0 Å². The fourth-order valence-electron chi connectivity index (χ4n) is 1.83. The van der Waals surface area contributed by atoms with Crippen molar-refractivity contribution < 1.29 is 4.79 Å². The molecule has 0 aliphatic heterocycles. The monoisotopic (exact) mass is 353 g/mol. The van der Waals surface area contributed by atoms with Crippen LogP contribution in [0.15, 0.2) is 39.0 Å². The van der Waals surface area contributed by atoms with Crippen molar-refractivity contribution in [1.82, 2.24) is 15.5 Å². The number of carbonyl (C=O) groups excluding carboxylic acids is 1. The van der Waals surface area contributed by atoms with Crippen LogP contribution in [0.25, 0.3) is 0 Å². The zero-order valence-electron chi connectivity index (χ0n) is 12.8. The normalized spacial score (nSPS) is 13.6. The summed E-state index contributed by atoms with van der Waals surface area (Å²) in [5.41, 5.74) is 1.23. The van der Waals surface area contributed by atoms with E-state index in [4.69, 9.17) is 0 Å². The zero-order chi connectivity index (χ0) is 15.9. The highest BCUT2D eigenvalue weighted by Crippen LogP contribution is 2.30. The molecule has 1 aromatic carbocycles. The zero-order valence-corrected chi connectivity index (χ0v) is 15.2. The Morgan fingerprint density at radius 1 is 1.23 bits per heavy atom. The number of aromatic nitrogens is 2. The Morgan fingerprint density at radius 2 is 1.91 bits per heavy atom. The van der Waals surface area contributed by atoms with Gasteiger partial charge in [-0.1, -0.05) is 72.1 Å². The van der Waals surface area contributed by atoms with Gasteiger partial charge in [0.25, 0.3) is 0 Å². The molecule has 4 nitrogen and oxygen atoms in total. The van der Waals surface area contributed by atoms with E-state index in [0.717, 1.165) is 8.68 Å². The van der Waals surface area contributed by atoms with Gasteiger partial charge < -0.3 is 5.32 Å². The summed E-state index contributed by atoms with van der Waals surface area (Å²) in [5, 5.41) is 11.0. The summed E-state index contributed by atoms with van der Waals surface area (Å²) < 4.78 is 1.76. The standard InChI is InChI=1S/C15H19N3OS3/c1-10(12-7-5-4-6-8-12)9-16-13(19)11(2)21-15-18-17-14(20-3)22-15/h4-8,10-11H,9H2,1-3H3,(H,16,19)/t10-,11-/m1/s1. The van der Waals surface area contributed by atoms with E-state index < -0.39 is 0 Å². The van der Waals surface area contributed by atoms with Crippen LogP contribution in [0, 0.1) is 0 Å². The maximum atomic E-state index is 12.2. The summed E-state index contributed by atoms with van der Waals surface area (Å²) in [7, 11) is 0. The number of thioether (sulfide) groups is 2. The number of rotatable bonds is 7. The summed E-state index contributed by atoms with van der Waals surface area (Å²) in [5.74, 6) is 0.334. The quantitative estimate of drug-likeness (QED) is 0.770. The average molecular weight is 354 g/mol. The van der Waals surface area contributed by atoms with Crippen LogP contribution < -0.4 is 5.32 Å². The van der Waals surface area contributed by atoms with Crippen LogP contribution in [0.1, 0.15) is 25.3 Å². The lowest BCUT2D eigenvalue weighted by atomic mass is 10.0. The molecule has 0 aliphatic carbocycles. The molecular formula is C15H19N3OS3. The molecule has 0 spiro atoms. The first-order valence-electron chi connectivity index (χ1n) is 6.97. The van der Waals surface area contributed by atoms with Crippen molar-refractivity contribution in [1.29, 1.82) is 0 Å². The van der Waals surface area contributed by atoms with E-state index in [2.05, 4.69) is 34.6 Å². The van der Waals surface area contributed by atoms with Crippen molar-refractivity contribution in [3.8, 4) is 0 Å². The van der Waals surface area contributed by atoms with Crippen LogP contribution in [0.5, 0.6) is 0 Å². The Labute approximate surface area is 143 Å². The second-order valence-corrected chi connectivity index (χ2v) is 8.47. The van der Waals surface area contributed by atoms with E-state index in [1.165, 1.54) is 28.7 Å². The number of hydrogen-bond donors (Lipinski definition) is 1. The van der Waals surface area contributed by atoms with Gasteiger partial charge in [-0.25, -0.2) is 0 Å². The summed E-state index contributed by atoms with van der Waals surface area (Å²) in [6.07, 6.45) is 1.97.